The zero-order chi connectivity index (χ0) is 16.9. The Morgan fingerprint density at radius 2 is 1.96 bits per heavy atom. The van der Waals surface area contributed by atoms with Crippen molar-refractivity contribution in [2.24, 2.45) is 5.41 Å². The summed E-state index contributed by atoms with van der Waals surface area (Å²) in [7, 11) is 0. The molecule has 2 aromatic heterocycles. The lowest BCUT2D eigenvalue weighted by molar-refractivity contribution is -0.118. The second-order valence-electron chi connectivity index (χ2n) is 7.04. The fourth-order valence-corrected chi connectivity index (χ4v) is 5.33. The minimum Gasteiger partial charge on any atom is -0.326 e. The van der Waals surface area contributed by atoms with Crippen molar-refractivity contribution < 1.29 is 9.59 Å². The summed E-state index contributed by atoms with van der Waals surface area (Å²) in [6.45, 7) is 4.13. The van der Waals surface area contributed by atoms with Gasteiger partial charge in [0.05, 0.1) is 6.04 Å². The molecule has 124 valence electrons. The number of thiophene rings is 2. The number of allylic oxidation sites excluding steroid dienone is 1. The first-order valence-corrected chi connectivity index (χ1v) is 9.60. The monoisotopic (exact) mass is 358 g/mol. The Hall–Kier alpha value is -1.92. The number of nitrogens with one attached hydrogen (secondary N) is 2. The summed E-state index contributed by atoms with van der Waals surface area (Å²) in [5, 5.41) is 7.84. The Balaban J connectivity index is 1.74. The van der Waals surface area contributed by atoms with Crippen LogP contribution in [0, 0.1) is 5.41 Å². The molecule has 6 heteroatoms. The highest BCUT2D eigenvalue weighted by atomic mass is 32.1. The molecule has 0 radical (unpaired) electrons. The van der Waals surface area contributed by atoms with E-state index in [0.29, 0.717) is 6.42 Å². The molecule has 24 heavy (non-hydrogen) atoms. The lowest BCUT2D eigenvalue weighted by Crippen LogP contribution is -2.48. The maximum Gasteiger partial charge on any atom is 0.319 e. The highest BCUT2D eigenvalue weighted by Gasteiger charge is 2.40. The van der Waals surface area contributed by atoms with Gasteiger partial charge in [0.1, 0.15) is 0 Å². The first kappa shape index (κ1) is 15.6. The molecule has 0 aromatic carbocycles. The first-order valence-electron chi connectivity index (χ1n) is 7.90. The van der Waals surface area contributed by atoms with Crippen molar-refractivity contribution in [3.8, 4) is 9.75 Å². The van der Waals surface area contributed by atoms with Gasteiger partial charge in [-0.15, -0.1) is 22.7 Å². The summed E-state index contributed by atoms with van der Waals surface area (Å²) < 4.78 is 0. The largest absolute Gasteiger partial charge is 0.326 e. The number of carbonyl (C=O) groups is 2. The molecule has 2 amide bonds. The van der Waals surface area contributed by atoms with Crippen molar-refractivity contribution >= 4 is 34.5 Å². The van der Waals surface area contributed by atoms with E-state index in [-0.39, 0.29) is 23.3 Å². The van der Waals surface area contributed by atoms with Crippen LogP contribution in [0.15, 0.2) is 40.9 Å². The van der Waals surface area contributed by atoms with Gasteiger partial charge in [0.2, 0.25) is 0 Å². The van der Waals surface area contributed by atoms with Gasteiger partial charge < -0.3 is 10.6 Å². The number of hydrogen-bond donors (Lipinski definition) is 2. The molecule has 1 atom stereocenters. The molecule has 1 aliphatic heterocycles. The Morgan fingerprint density at radius 3 is 2.71 bits per heavy atom. The fraction of sp³-hybridized carbons (Fsp3) is 0.333. The van der Waals surface area contributed by atoms with Crippen molar-refractivity contribution in [2.75, 3.05) is 0 Å². The normalized spacial score (nSPS) is 22.8. The molecule has 0 saturated heterocycles. The van der Waals surface area contributed by atoms with E-state index in [1.807, 2.05) is 12.1 Å². The maximum atomic E-state index is 12.7. The third-order valence-corrected chi connectivity index (χ3v) is 6.64. The summed E-state index contributed by atoms with van der Waals surface area (Å²) >= 11 is 3.33. The van der Waals surface area contributed by atoms with Crippen LogP contribution in [-0.2, 0) is 4.79 Å². The quantitative estimate of drug-likeness (QED) is 0.832. The summed E-state index contributed by atoms with van der Waals surface area (Å²) in [6, 6.07) is 7.64. The molecule has 2 N–H and O–H groups in total. The highest BCUT2D eigenvalue weighted by Crippen LogP contribution is 2.43. The molecule has 1 unspecified atom stereocenters. The molecular formula is C18H18N2O2S2. The summed E-state index contributed by atoms with van der Waals surface area (Å²) in [4.78, 5) is 28.2. The van der Waals surface area contributed by atoms with Crippen molar-refractivity contribution in [1.82, 2.24) is 10.6 Å². The number of ketones is 1. The van der Waals surface area contributed by atoms with Crippen LogP contribution in [0.2, 0.25) is 0 Å². The second-order valence-corrected chi connectivity index (χ2v) is 9.11. The Bertz CT molecular complexity index is 846. The highest BCUT2D eigenvalue weighted by molar-refractivity contribution is 7.21. The van der Waals surface area contributed by atoms with Crippen molar-refractivity contribution in [2.45, 2.75) is 32.7 Å². The molecule has 0 saturated carbocycles. The van der Waals surface area contributed by atoms with Crippen molar-refractivity contribution in [3.05, 3.63) is 45.8 Å². The SMILES string of the molecule is CC1(C)CC(=O)C2=C(C1)NC(=O)NC2c1ccc(-c2cccs2)s1. The van der Waals surface area contributed by atoms with E-state index in [9.17, 15) is 9.59 Å². The number of carbonyl (C=O) groups excluding carboxylic acids is 2. The molecule has 1 aliphatic carbocycles. The molecule has 0 spiro atoms. The van der Waals surface area contributed by atoms with E-state index in [1.165, 1.54) is 9.75 Å². The predicted molar refractivity (Wildman–Crippen MR) is 97.1 cm³/mol. The molecule has 2 aromatic rings. The van der Waals surface area contributed by atoms with Gasteiger partial charge in [-0.1, -0.05) is 19.9 Å². The Morgan fingerprint density at radius 1 is 1.12 bits per heavy atom. The zero-order valence-electron chi connectivity index (χ0n) is 13.5. The van der Waals surface area contributed by atoms with Crippen molar-refractivity contribution in [3.63, 3.8) is 0 Å². The number of hydrogen-bond acceptors (Lipinski definition) is 4. The number of urea groups is 1. The Labute approximate surface area is 148 Å². The van der Waals surface area contributed by atoms with Crippen LogP contribution in [0.4, 0.5) is 4.79 Å². The third kappa shape index (κ3) is 2.70. The van der Waals surface area contributed by atoms with E-state index in [1.54, 1.807) is 22.7 Å². The van der Waals surface area contributed by atoms with Crippen molar-refractivity contribution in [1.29, 1.82) is 0 Å². The smallest absolute Gasteiger partial charge is 0.319 e. The van der Waals surface area contributed by atoms with Crippen LogP contribution < -0.4 is 10.6 Å². The van der Waals surface area contributed by atoms with Crippen LogP contribution in [0.1, 0.15) is 37.6 Å². The summed E-state index contributed by atoms with van der Waals surface area (Å²) in [5.74, 6) is 0.129. The van der Waals surface area contributed by atoms with Crippen LogP contribution in [0.25, 0.3) is 9.75 Å². The van der Waals surface area contributed by atoms with Gasteiger partial charge in [-0.05, 0) is 35.4 Å². The number of Topliss-reactive ketones (excluding diaryl/α,β-unsaturated/α-hetero) is 1. The van der Waals surface area contributed by atoms with Crippen LogP contribution in [0.3, 0.4) is 0 Å². The average molecular weight is 358 g/mol. The van der Waals surface area contributed by atoms with Crippen LogP contribution >= 0.6 is 22.7 Å². The van der Waals surface area contributed by atoms with Gasteiger partial charge in [-0.2, -0.15) is 0 Å². The van der Waals surface area contributed by atoms with Gasteiger partial charge in [0.25, 0.3) is 0 Å². The summed E-state index contributed by atoms with van der Waals surface area (Å²) in [6.07, 6.45) is 1.24. The molecule has 3 heterocycles. The molecule has 0 bridgehead atoms. The zero-order valence-corrected chi connectivity index (χ0v) is 15.1. The minimum atomic E-state index is -0.337. The van der Waals surface area contributed by atoms with Gasteiger partial charge in [-0.3, -0.25) is 4.79 Å². The van der Waals surface area contributed by atoms with E-state index in [4.69, 9.17) is 0 Å². The molecule has 4 rings (SSSR count). The molecule has 4 nitrogen and oxygen atoms in total. The lowest BCUT2D eigenvalue weighted by Gasteiger charge is -2.37. The number of amides is 2. The van der Waals surface area contributed by atoms with Gasteiger partial charge >= 0.3 is 6.03 Å². The minimum absolute atomic E-state index is 0.108. The van der Waals surface area contributed by atoms with E-state index < -0.39 is 0 Å². The fourth-order valence-electron chi connectivity index (χ4n) is 3.43. The predicted octanol–water partition coefficient (Wildman–Crippen LogP) is 4.47. The van der Waals surface area contributed by atoms with Crippen LogP contribution in [-0.4, -0.2) is 11.8 Å². The summed E-state index contributed by atoms with van der Waals surface area (Å²) in [5.41, 5.74) is 1.41. The average Bonchev–Trinajstić information content (AvgIpc) is 3.16. The molecule has 0 fully saturated rings. The van der Waals surface area contributed by atoms with Gasteiger partial charge in [0, 0.05) is 32.3 Å². The van der Waals surface area contributed by atoms with Gasteiger partial charge in [-0.25, -0.2) is 4.79 Å². The van der Waals surface area contributed by atoms with E-state index in [0.717, 1.165) is 22.6 Å². The first-order chi connectivity index (χ1) is 11.4. The van der Waals surface area contributed by atoms with Gasteiger partial charge in [0.15, 0.2) is 5.78 Å². The van der Waals surface area contributed by atoms with Crippen LogP contribution in [0.5, 0.6) is 0 Å². The van der Waals surface area contributed by atoms with E-state index in [2.05, 4.69) is 42.0 Å². The molecule has 2 aliphatic rings. The Kier molecular flexibility index (Phi) is 3.62. The lowest BCUT2D eigenvalue weighted by atomic mass is 9.73. The second kappa shape index (κ2) is 5.57. The topological polar surface area (TPSA) is 58.2 Å². The third-order valence-electron chi connectivity index (χ3n) is 4.42. The molecular weight excluding hydrogens is 340 g/mol. The number of rotatable bonds is 2. The standard InChI is InChI=1S/C18H18N2O2S2/c1-18(2)8-10-15(11(21)9-18)16(20-17(22)19-10)14-6-5-13(24-14)12-4-3-7-23-12/h3-7,16H,8-9H2,1-2H3,(H2,19,20,22). The maximum absolute atomic E-state index is 12.7. The van der Waals surface area contributed by atoms with E-state index >= 15 is 0 Å².